The van der Waals surface area contributed by atoms with E-state index in [1.807, 2.05) is 38.5 Å². The molecule has 0 saturated carbocycles. The van der Waals surface area contributed by atoms with Crippen molar-refractivity contribution in [1.29, 1.82) is 5.26 Å². The average Bonchev–Trinajstić information content (AvgIpc) is 3.45. The van der Waals surface area contributed by atoms with E-state index in [0.29, 0.717) is 60.3 Å². The average molecular weight is 536 g/mol. The Balaban J connectivity index is 1.59. The van der Waals surface area contributed by atoms with Crippen molar-refractivity contribution >= 4 is 46.1 Å². The van der Waals surface area contributed by atoms with Gasteiger partial charge in [-0.05, 0) is 52.3 Å². The van der Waals surface area contributed by atoms with Gasteiger partial charge >= 0.3 is 6.09 Å². The zero-order valence-corrected chi connectivity index (χ0v) is 22.7. The number of benzene rings is 1. The highest BCUT2D eigenvalue weighted by molar-refractivity contribution is 6.30. The van der Waals surface area contributed by atoms with Crippen LogP contribution in [0.3, 0.4) is 0 Å². The second-order valence-corrected chi connectivity index (χ2v) is 11.1. The molecule has 2 saturated heterocycles. The van der Waals surface area contributed by atoms with Gasteiger partial charge < -0.3 is 19.4 Å². The Morgan fingerprint density at radius 2 is 1.97 bits per heavy atom. The highest BCUT2D eigenvalue weighted by Gasteiger charge is 2.34. The van der Waals surface area contributed by atoms with Crippen LogP contribution in [0.25, 0.3) is 16.7 Å². The van der Waals surface area contributed by atoms with Crippen molar-refractivity contribution < 1.29 is 14.3 Å². The largest absolute Gasteiger partial charge is 0.444 e. The third kappa shape index (κ3) is 4.86. The van der Waals surface area contributed by atoms with Crippen LogP contribution in [0.4, 0.5) is 16.3 Å². The molecule has 0 spiro atoms. The van der Waals surface area contributed by atoms with Crippen molar-refractivity contribution in [3.8, 4) is 11.8 Å². The SMILES string of the molecule is C[C@H]1CN(C(=O)OC(C)(C)C)CCN1c1ncnc2c1c(N1CCCC1=O)cn2-c1cc(Cl)cc(C#N)c1. The van der Waals surface area contributed by atoms with E-state index in [1.54, 1.807) is 28.0 Å². The molecule has 2 aliphatic rings. The predicted molar refractivity (Wildman–Crippen MR) is 145 cm³/mol. The number of hydrogen-bond acceptors (Lipinski definition) is 7. The zero-order valence-electron chi connectivity index (χ0n) is 21.9. The smallest absolute Gasteiger partial charge is 0.410 e. The summed E-state index contributed by atoms with van der Waals surface area (Å²) >= 11 is 6.33. The van der Waals surface area contributed by atoms with Crippen LogP contribution < -0.4 is 9.80 Å². The molecule has 3 aromatic rings. The van der Waals surface area contributed by atoms with Gasteiger partial charge in [0.15, 0.2) is 5.65 Å². The molecule has 4 heterocycles. The number of fused-ring (bicyclic) bond motifs is 1. The van der Waals surface area contributed by atoms with Gasteiger partial charge in [0, 0.05) is 55.5 Å². The van der Waals surface area contributed by atoms with Crippen LogP contribution >= 0.6 is 11.6 Å². The van der Waals surface area contributed by atoms with E-state index in [9.17, 15) is 14.9 Å². The van der Waals surface area contributed by atoms with Crippen molar-refractivity contribution in [2.24, 2.45) is 0 Å². The van der Waals surface area contributed by atoms with E-state index in [-0.39, 0.29) is 18.0 Å². The minimum Gasteiger partial charge on any atom is -0.444 e. The van der Waals surface area contributed by atoms with Crippen molar-refractivity contribution in [3.63, 3.8) is 0 Å². The normalized spacial score (nSPS) is 18.3. The fraction of sp³-hybridized carbons (Fsp3) is 0.444. The van der Waals surface area contributed by atoms with Crippen molar-refractivity contribution in [1.82, 2.24) is 19.4 Å². The standard InChI is InChI=1S/C27H30ClN7O3/c1-17-14-32(26(37)38-27(2,3)4)8-9-33(17)24-23-21(34-7-5-6-22(34)36)15-35(25(23)31-16-30-24)20-11-18(13-29)10-19(28)12-20/h10-12,15-17H,5-9,14H2,1-4H3/t17-/m0/s1. The van der Waals surface area contributed by atoms with Gasteiger partial charge in [-0.2, -0.15) is 5.26 Å². The third-order valence-electron chi connectivity index (χ3n) is 6.75. The Morgan fingerprint density at radius 1 is 1.18 bits per heavy atom. The summed E-state index contributed by atoms with van der Waals surface area (Å²) in [4.78, 5) is 40.5. The number of carbonyl (C=O) groups excluding carboxylic acids is 2. The first kappa shape index (κ1) is 25.8. The maximum absolute atomic E-state index is 12.8. The molecule has 10 nitrogen and oxygen atoms in total. The van der Waals surface area contributed by atoms with Crippen molar-refractivity contribution in [3.05, 3.63) is 41.3 Å². The molecule has 11 heteroatoms. The molecule has 2 aliphatic heterocycles. The number of piperazine rings is 1. The molecule has 1 atom stereocenters. The lowest BCUT2D eigenvalue weighted by Gasteiger charge is -2.41. The number of anilines is 2. The molecular weight excluding hydrogens is 506 g/mol. The Morgan fingerprint density at radius 3 is 2.63 bits per heavy atom. The lowest BCUT2D eigenvalue weighted by atomic mass is 10.1. The number of carbonyl (C=O) groups is 2. The van der Waals surface area contributed by atoms with Gasteiger partial charge in [-0.25, -0.2) is 14.8 Å². The van der Waals surface area contributed by atoms with E-state index >= 15 is 0 Å². The molecule has 0 aliphatic carbocycles. The molecule has 0 unspecified atom stereocenters. The molecule has 2 fully saturated rings. The topological polar surface area (TPSA) is 108 Å². The van der Waals surface area contributed by atoms with Crippen LogP contribution in [0.5, 0.6) is 0 Å². The Kier molecular flexibility index (Phi) is 6.65. The van der Waals surface area contributed by atoms with E-state index in [4.69, 9.17) is 16.3 Å². The minimum absolute atomic E-state index is 0.0467. The van der Waals surface area contributed by atoms with Crippen molar-refractivity contribution in [2.75, 3.05) is 36.0 Å². The van der Waals surface area contributed by atoms with E-state index in [2.05, 4.69) is 20.9 Å². The lowest BCUT2D eigenvalue weighted by molar-refractivity contribution is -0.117. The summed E-state index contributed by atoms with van der Waals surface area (Å²) in [5.74, 6) is 0.743. The molecule has 2 aromatic heterocycles. The number of amides is 2. The van der Waals surface area contributed by atoms with E-state index < -0.39 is 5.60 Å². The Labute approximate surface area is 226 Å². The quantitative estimate of drug-likeness (QED) is 0.485. The molecule has 0 radical (unpaired) electrons. The fourth-order valence-electron chi connectivity index (χ4n) is 5.09. The molecule has 2 amide bonds. The molecule has 0 N–H and O–H groups in total. The highest BCUT2D eigenvalue weighted by atomic mass is 35.5. The first-order valence-electron chi connectivity index (χ1n) is 12.7. The van der Waals surface area contributed by atoms with Gasteiger partial charge in [-0.3, -0.25) is 9.36 Å². The Bertz CT molecular complexity index is 1460. The monoisotopic (exact) mass is 535 g/mol. The fourth-order valence-corrected chi connectivity index (χ4v) is 5.32. The van der Waals surface area contributed by atoms with Gasteiger partial charge in [0.05, 0.1) is 22.7 Å². The summed E-state index contributed by atoms with van der Waals surface area (Å²) < 4.78 is 7.43. The number of aromatic nitrogens is 3. The van der Waals surface area contributed by atoms with Crippen LogP contribution in [-0.4, -0.2) is 69.3 Å². The van der Waals surface area contributed by atoms with Gasteiger partial charge in [0.2, 0.25) is 5.91 Å². The maximum Gasteiger partial charge on any atom is 0.410 e. The van der Waals surface area contributed by atoms with Crippen LogP contribution in [0.15, 0.2) is 30.7 Å². The summed E-state index contributed by atoms with van der Waals surface area (Å²) in [5.41, 5.74) is 1.86. The predicted octanol–water partition coefficient (Wildman–Crippen LogP) is 4.52. The van der Waals surface area contributed by atoms with Gasteiger partial charge in [-0.15, -0.1) is 0 Å². The molecule has 1 aromatic carbocycles. The van der Waals surface area contributed by atoms with E-state index in [1.165, 1.54) is 6.33 Å². The van der Waals surface area contributed by atoms with Crippen LogP contribution in [-0.2, 0) is 9.53 Å². The van der Waals surface area contributed by atoms with Gasteiger partial charge in [-0.1, -0.05) is 11.6 Å². The van der Waals surface area contributed by atoms with Crippen LogP contribution in [0.2, 0.25) is 5.02 Å². The molecular formula is C27H30ClN7O3. The molecule has 38 heavy (non-hydrogen) atoms. The second kappa shape index (κ2) is 9.80. The maximum atomic E-state index is 12.8. The third-order valence-corrected chi connectivity index (χ3v) is 6.97. The summed E-state index contributed by atoms with van der Waals surface area (Å²) in [6.07, 6.45) is 4.30. The Hall–Kier alpha value is -3.84. The van der Waals surface area contributed by atoms with Crippen LogP contribution in [0.1, 0.15) is 46.1 Å². The first-order valence-corrected chi connectivity index (χ1v) is 13.1. The first-order chi connectivity index (χ1) is 18.1. The van der Waals surface area contributed by atoms with Gasteiger partial charge in [0.1, 0.15) is 17.7 Å². The summed E-state index contributed by atoms with van der Waals surface area (Å²) in [6.45, 7) is 9.70. The van der Waals surface area contributed by atoms with Crippen LogP contribution in [0, 0.1) is 11.3 Å². The summed E-state index contributed by atoms with van der Waals surface area (Å²) in [5, 5.41) is 10.7. The number of nitriles is 1. The molecule has 198 valence electrons. The highest BCUT2D eigenvalue weighted by Crippen LogP contribution is 2.39. The van der Waals surface area contributed by atoms with E-state index in [0.717, 1.165) is 17.5 Å². The number of hydrogen-bond donors (Lipinski definition) is 0. The molecule has 0 bridgehead atoms. The minimum atomic E-state index is -0.567. The number of nitrogens with zero attached hydrogens (tertiary/aromatic N) is 7. The zero-order chi connectivity index (χ0) is 27.2. The number of ether oxygens (including phenoxy) is 1. The number of halogens is 1. The lowest BCUT2D eigenvalue weighted by Crippen LogP contribution is -2.54. The number of rotatable bonds is 3. The second-order valence-electron chi connectivity index (χ2n) is 10.7. The summed E-state index contributed by atoms with van der Waals surface area (Å²) in [7, 11) is 0. The van der Waals surface area contributed by atoms with Crippen molar-refractivity contribution in [2.45, 2.75) is 52.2 Å². The van der Waals surface area contributed by atoms with Gasteiger partial charge in [0.25, 0.3) is 0 Å². The molecule has 5 rings (SSSR count). The summed E-state index contributed by atoms with van der Waals surface area (Å²) in [6, 6.07) is 7.20.